The van der Waals surface area contributed by atoms with E-state index in [-0.39, 0.29) is 0 Å². The van der Waals surface area contributed by atoms with Crippen molar-refractivity contribution in [2.45, 2.75) is 83.8 Å². The molecule has 0 spiro atoms. The van der Waals surface area contributed by atoms with Crippen LogP contribution in [0.1, 0.15) is 65.7 Å². The molecule has 0 aromatic carbocycles. The SMILES string of the molecule is CCCNC1CCC(CC)CC1N(C)C(C)C1CC1. The highest BCUT2D eigenvalue weighted by Gasteiger charge is 2.38. The molecule has 2 saturated carbocycles. The van der Waals surface area contributed by atoms with Gasteiger partial charge in [0.2, 0.25) is 0 Å². The van der Waals surface area contributed by atoms with Crippen LogP contribution >= 0.6 is 0 Å². The van der Waals surface area contributed by atoms with Crippen LogP contribution in [0.5, 0.6) is 0 Å². The Morgan fingerprint density at radius 2 is 1.89 bits per heavy atom. The van der Waals surface area contributed by atoms with Crippen molar-refractivity contribution in [3.05, 3.63) is 0 Å². The minimum absolute atomic E-state index is 0.731. The molecular formula is C17H34N2. The monoisotopic (exact) mass is 266 g/mol. The minimum Gasteiger partial charge on any atom is -0.312 e. The summed E-state index contributed by atoms with van der Waals surface area (Å²) in [4.78, 5) is 2.72. The highest BCUT2D eigenvalue weighted by molar-refractivity contribution is 4.94. The van der Waals surface area contributed by atoms with Crippen molar-refractivity contribution in [3.8, 4) is 0 Å². The van der Waals surface area contributed by atoms with Gasteiger partial charge in [0.05, 0.1) is 0 Å². The number of hydrogen-bond donors (Lipinski definition) is 1. The van der Waals surface area contributed by atoms with E-state index in [1.54, 1.807) is 0 Å². The number of hydrogen-bond acceptors (Lipinski definition) is 2. The number of nitrogens with one attached hydrogen (secondary N) is 1. The van der Waals surface area contributed by atoms with Gasteiger partial charge in [-0.15, -0.1) is 0 Å². The molecule has 112 valence electrons. The molecule has 2 heteroatoms. The smallest absolute Gasteiger partial charge is 0.0251 e. The fourth-order valence-electron chi connectivity index (χ4n) is 3.83. The lowest BCUT2D eigenvalue weighted by Crippen LogP contribution is -2.54. The zero-order valence-corrected chi connectivity index (χ0v) is 13.5. The second-order valence-electron chi connectivity index (χ2n) is 6.96. The van der Waals surface area contributed by atoms with Gasteiger partial charge in [-0.05, 0) is 70.9 Å². The molecule has 2 aliphatic rings. The lowest BCUT2D eigenvalue weighted by molar-refractivity contribution is 0.0804. The molecule has 2 rings (SSSR count). The zero-order valence-electron chi connectivity index (χ0n) is 13.5. The van der Waals surface area contributed by atoms with E-state index in [4.69, 9.17) is 0 Å². The predicted octanol–water partition coefficient (Wildman–Crippen LogP) is 3.66. The Bertz CT molecular complexity index is 262. The van der Waals surface area contributed by atoms with Crippen LogP contribution in [0.2, 0.25) is 0 Å². The molecule has 4 atom stereocenters. The van der Waals surface area contributed by atoms with E-state index in [1.807, 2.05) is 0 Å². The third-order valence-electron chi connectivity index (χ3n) is 5.63. The van der Waals surface area contributed by atoms with Crippen molar-refractivity contribution >= 4 is 0 Å². The van der Waals surface area contributed by atoms with Crippen molar-refractivity contribution < 1.29 is 0 Å². The van der Waals surface area contributed by atoms with Crippen LogP contribution < -0.4 is 5.32 Å². The summed E-state index contributed by atoms with van der Waals surface area (Å²) in [7, 11) is 2.38. The molecule has 2 aliphatic carbocycles. The van der Waals surface area contributed by atoms with Crippen LogP contribution in [-0.2, 0) is 0 Å². The largest absolute Gasteiger partial charge is 0.312 e. The Labute approximate surface area is 120 Å². The van der Waals surface area contributed by atoms with E-state index in [1.165, 1.54) is 51.5 Å². The lowest BCUT2D eigenvalue weighted by atomic mass is 9.80. The fourth-order valence-corrected chi connectivity index (χ4v) is 3.83. The molecule has 1 N–H and O–H groups in total. The van der Waals surface area contributed by atoms with Gasteiger partial charge in [0.25, 0.3) is 0 Å². The third-order valence-corrected chi connectivity index (χ3v) is 5.63. The van der Waals surface area contributed by atoms with Gasteiger partial charge < -0.3 is 5.32 Å². The molecule has 4 unspecified atom stereocenters. The second-order valence-corrected chi connectivity index (χ2v) is 6.96. The van der Waals surface area contributed by atoms with E-state index in [0.29, 0.717) is 0 Å². The molecule has 0 aromatic heterocycles. The maximum absolute atomic E-state index is 3.82. The topological polar surface area (TPSA) is 15.3 Å². The first-order valence-electron chi connectivity index (χ1n) is 8.62. The van der Waals surface area contributed by atoms with Crippen LogP contribution in [0, 0.1) is 11.8 Å². The summed E-state index contributed by atoms with van der Waals surface area (Å²) in [5.74, 6) is 1.94. The molecule has 0 bridgehead atoms. The number of rotatable bonds is 7. The Hall–Kier alpha value is -0.0800. The molecular weight excluding hydrogens is 232 g/mol. The van der Waals surface area contributed by atoms with Crippen molar-refractivity contribution in [1.82, 2.24) is 10.2 Å². The highest BCUT2D eigenvalue weighted by Crippen LogP contribution is 2.38. The van der Waals surface area contributed by atoms with Crippen molar-refractivity contribution in [1.29, 1.82) is 0 Å². The molecule has 0 amide bonds. The standard InChI is InChI=1S/C17H34N2/c1-5-11-18-16-10-7-14(6-2)12-17(16)19(4)13(3)15-8-9-15/h13-18H,5-12H2,1-4H3. The van der Waals surface area contributed by atoms with Crippen LogP contribution in [-0.4, -0.2) is 36.6 Å². The molecule has 0 heterocycles. The summed E-state index contributed by atoms with van der Waals surface area (Å²) in [5.41, 5.74) is 0. The molecule has 2 fully saturated rings. The van der Waals surface area contributed by atoms with Gasteiger partial charge in [-0.1, -0.05) is 20.3 Å². The Morgan fingerprint density at radius 3 is 2.47 bits per heavy atom. The van der Waals surface area contributed by atoms with Crippen molar-refractivity contribution in [3.63, 3.8) is 0 Å². The average Bonchev–Trinajstić information content (AvgIpc) is 3.28. The van der Waals surface area contributed by atoms with Gasteiger partial charge in [0, 0.05) is 18.1 Å². The van der Waals surface area contributed by atoms with Crippen molar-refractivity contribution in [2.24, 2.45) is 11.8 Å². The third kappa shape index (κ3) is 3.95. The summed E-state index contributed by atoms with van der Waals surface area (Å²) in [6, 6.07) is 2.28. The highest BCUT2D eigenvalue weighted by atomic mass is 15.2. The van der Waals surface area contributed by atoms with E-state index < -0.39 is 0 Å². The summed E-state index contributed by atoms with van der Waals surface area (Å²) in [6.07, 6.45) is 9.76. The summed E-state index contributed by atoms with van der Waals surface area (Å²) < 4.78 is 0. The maximum Gasteiger partial charge on any atom is 0.0251 e. The fraction of sp³-hybridized carbons (Fsp3) is 1.00. The molecule has 2 nitrogen and oxygen atoms in total. The predicted molar refractivity (Wildman–Crippen MR) is 83.5 cm³/mol. The number of nitrogens with zero attached hydrogens (tertiary/aromatic N) is 1. The van der Waals surface area contributed by atoms with Gasteiger partial charge in [-0.2, -0.15) is 0 Å². The first kappa shape index (κ1) is 15.3. The van der Waals surface area contributed by atoms with Crippen LogP contribution in [0.25, 0.3) is 0 Å². The van der Waals surface area contributed by atoms with Crippen LogP contribution in [0.3, 0.4) is 0 Å². The summed E-state index contributed by atoms with van der Waals surface area (Å²) in [5, 5.41) is 3.82. The minimum atomic E-state index is 0.731. The van der Waals surface area contributed by atoms with E-state index in [0.717, 1.165) is 30.0 Å². The number of likely N-dealkylation sites (N-methyl/N-ethyl adjacent to an activating group) is 1. The zero-order chi connectivity index (χ0) is 13.8. The molecule has 0 aromatic rings. The van der Waals surface area contributed by atoms with Crippen LogP contribution in [0.4, 0.5) is 0 Å². The van der Waals surface area contributed by atoms with Crippen molar-refractivity contribution in [2.75, 3.05) is 13.6 Å². The van der Waals surface area contributed by atoms with E-state index in [2.05, 4.69) is 38.0 Å². The molecule has 0 saturated heterocycles. The first-order valence-corrected chi connectivity index (χ1v) is 8.62. The van der Waals surface area contributed by atoms with E-state index >= 15 is 0 Å². The Morgan fingerprint density at radius 1 is 1.16 bits per heavy atom. The van der Waals surface area contributed by atoms with Gasteiger partial charge in [-0.3, -0.25) is 4.90 Å². The quantitative estimate of drug-likeness (QED) is 0.756. The molecule has 19 heavy (non-hydrogen) atoms. The van der Waals surface area contributed by atoms with Gasteiger partial charge in [0.15, 0.2) is 0 Å². The Balaban J connectivity index is 1.96. The molecule has 0 radical (unpaired) electrons. The normalized spacial score (nSPS) is 33.6. The first-order chi connectivity index (χ1) is 9.17. The van der Waals surface area contributed by atoms with Crippen LogP contribution in [0.15, 0.2) is 0 Å². The summed E-state index contributed by atoms with van der Waals surface area (Å²) >= 11 is 0. The Kier molecular flexibility index (Phi) is 5.70. The lowest BCUT2D eigenvalue weighted by Gasteiger charge is -2.44. The molecule has 0 aliphatic heterocycles. The average molecular weight is 266 g/mol. The summed E-state index contributed by atoms with van der Waals surface area (Å²) in [6.45, 7) is 8.27. The van der Waals surface area contributed by atoms with Gasteiger partial charge in [0.1, 0.15) is 0 Å². The van der Waals surface area contributed by atoms with Gasteiger partial charge >= 0.3 is 0 Å². The maximum atomic E-state index is 3.82. The van der Waals surface area contributed by atoms with E-state index in [9.17, 15) is 0 Å². The van der Waals surface area contributed by atoms with Gasteiger partial charge in [-0.25, -0.2) is 0 Å². The second kappa shape index (κ2) is 7.08.